The van der Waals surface area contributed by atoms with Crippen LogP contribution in [0.5, 0.6) is 5.75 Å². The zero-order valence-electron chi connectivity index (χ0n) is 15.6. The molecule has 0 unspecified atom stereocenters. The van der Waals surface area contributed by atoms with Crippen molar-refractivity contribution in [3.8, 4) is 5.75 Å². The Morgan fingerprint density at radius 3 is 2.32 bits per heavy atom. The van der Waals surface area contributed by atoms with Crippen LogP contribution in [-0.4, -0.2) is 14.6 Å². The van der Waals surface area contributed by atoms with E-state index in [1.807, 2.05) is 31.2 Å². The second-order valence-corrected chi connectivity index (χ2v) is 8.77. The molecule has 0 aliphatic heterocycles. The molecule has 3 rings (SSSR count). The summed E-state index contributed by atoms with van der Waals surface area (Å²) in [6.45, 7) is 3.99. The van der Waals surface area contributed by atoms with Gasteiger partial charge in [-0.25, -0.2) is 0 Å². The van der Waals surface area contributed by atoms with Crippen molar-refractivity contribution in [2.24, 2.45) is 4.99 Å². The molecule has 144 valence electrons. The first-order valence-corrected chi connectivity index (χ1v) is 11.0. The van der Waals surface area contributed by atoms with E-state index in [9.17, 15) is 8.42 Å². The molecular formula is C22H20BrNO3S. The van der Waals surface area contributed by atoms with Gasteiger partial charge in [-0.1, -0.05) is 52.7 Å². The molecule has 0 saturated carbocycles. The Balaban J connectivity index is 1.89. The zero-order chi connectivity index (χ0) is 20.1. The SMILES string of the molecule is CCc1ccc(N=Cc2cc(Br)ccc2OS(=O)(=O)c2ccc(C)cc2)cc1. The van der Waals surface area contributed by atoms with Crippen LogP contribution in [0.3, 0.4) is 0 Å². The molecule has 3 aromatic carbocycles. The summed E-state index contributed by atoms with van der Waals surface area (Å²) in [6.07, 6.45) is 2.57. The first-order chi connectivity index (χ1) is 13.4. The Hall–Kier alpha value is -2.44. The molecule has 0 saturated heterocycles. The predicted molar refractivity (Wildman–Crippen MR) is 116 cm³/mol. The molecule has 4 nitrogen and oxygen atoms in total. The largest absolute Gasteiger partial charge is 0.378 e. The van der Waals surface area contributed by atoms with Gasteiger partial charge in [0.2, 0.25) is 0 Å². The summed E-state index contributed by atoms with van der Waals surface area (Å²) in [5.41, 5.74) is 3.55. The highest BCUT2D eigenvalue weighted by atomic mass is 79.9. The first-order valence-electron chi connectivity index (χ1n) is 8.81. The van der Waals surface area contributed by atoms with Crippen LogP contribution in [0.25, 0.3) is 0 Å². The van der Waals surface area contributed by atoms with E-state index in [4.69, 9.17) is 4.18 Å². The molecule has 0 amide bonds. The lowest BCUT2D eigenvalue weighted by Gasteiger charge is -2.10. The summed E-state index contributed by atoms with van der Waals surface area (Å²) in [6, 6.07) is 19.5. The fourth-order valence-electron chi connectivity index (χ4n) is 2.53. The number of nitrogens with zero attached hydrogens (tertiary/aromatic N) is 1. The molecule has 0 aliphatic carbocycles. The van der Waals surface area contributed by atoms with Crippen LogP contribution in [0.1, 0.15) is 23.6 Å². The van der Waals surface area contributed by atoms with Crippen molar-refractivity contribution in [2.75, 3.05) is 0 Å². The molecular weight excluding hydrogens is 438 g/mol. The van der Waals surface area contributed by atoms with E-state index >= 15 is 0 Å². The Labute approximate surface area is 174 Å². The fraction of sp³-hybridized carbons (Fsp3) is 0.136. The van der Waals surface area contributed by atoms with Crippen molar-refractivity contribution in [1.82, 2.24) is 0 Å². The molecule has 28 heavy (non-hydrogen) atoms. The molecule has 0 aromatic heterocycles. The smallest absolute Gasteiger partial charge is 0.339 e. The molecule has 0 N–H and O–H groups in total. The van der Waals surface area contributed by atoms with Gasteiger partial charge in [0.15, 0.2) is 5.75 Å². The van der Waals surface area contributed by atoms with Gasteiger partial charge < -0.3 is 4.18 Å². The number of hydrogen-bond donors (Lipinski definition) is 0. The van der Waals surface area contributed by atoms with Crippen LogP contribution >= 0.6 is 15.9 Å². The van der Waals surface area contributed by atoms with Crippen molar-refractivity contribution in [3.05, 3.63) is 87.9 Å². The van der Waals surface area contributed by atoms with Crippen molar-refractivity contribution in [3.63, 3.8) is 0 Å². The van der Waals surface area contributed by atoms with E-state index in [1.54, 1.807) is 36.5 Å². The van der Waals surface area contributed by atoms with Crippen LogP contribution in [0.2, 0.25) is 0 Å². The van der Waals surface area contributed by atoms with Crippen molar-refractivity contribution < 1.29 is 12.6 Å². The number of aliphatic imine (C=N–C) groups is 1. The van der Waals surface area contributed by atoms with Gasteiger partial charge in [-0.15, -0.1) is 0 Å². The van der Waals surface area contributed by atoms with Crippen molar-refractivity contribution in [1.29, 1.82) is 0 Å². The van der Waals surface area contributed by atoms with Crippen molar-refractivity contribution in [2.45, 2.75) is 25.2 Å². The molecule has 0 fully saturated rings. The molecule has 3 aromatic rings. The quantitative estimate of drug-likeness (QED) is 0.345. The predicted octanol–water partition coefficient (Wildman–Crippen LogP) is 5.84. The maximum absolute atomic E-state index is 12.6. The Morgan fingerprint density at radius 1 is 1.00 bits per heavy atom. The lowest BCUT2D eigenvalue weighted by molar-refractivity contribution is 0.485. The van der Waals surface area contributed by atoms with Gasteiger partial charge in [0.1, 0.15) is 4.90 Å². The van der Waals surface area contributed by atoms with Crippen LogP contribution in [0.4, 0.5) is 5.69 Å². The third kappa shape index (κ3) is 5.09. The summed E-state index contributed by atoms with van der Waals surface area (Å²) >= 11 is 3.41. The van der Waals surface area contributed by atoms with Crippen molar-refractivity contribution >= 4 is 38.0 Å². The third-order valence-corrected chi connectivity index (χ3v) is 5.92. The number of rotatable bonds is 6. The molecule has 0 radical (unpaired) electrons. The topological polar surface area (TPSA) is 55.7 Å². The minimum Gasteiger partial charge on any atom is -0.378 e. The molecule has 0 heterocycles. The van der Waals surface area contributed by atoms with Crippen LogP contribution in [-0.2, 0) is 16.5 Å². The van der Waals surface area contributed by atoms with E-state index in [0.717, 1.165) is 22.1 Å². The summed E-state index contributed by atoms with van der Waals surface area (Å²) in [7, 11) is -3.93. The Morgan fingerprint density at radius 2 is 1.68 bits per heavy atom. The van der Waals surface area contributed by atoms with Gasteiger partial charge in [0, 0.05) is 16.3 Å². The van der Waals surface area contributed by atoms with Gasteiger partial charge in [-0.2, -0.15) is 8.42 Å². The van der Waals surface area contributed by atoms with E-state index in [1.165, 1.54) is 17.7 Å². The summed E-state index contributed by atoms with van der Waals surface area (Å²) in [5, 5.41) is 0. The van der Waals surface area contributed by atoms with Crippen LogP contribution < -0.4 is 4.18 Å². The average molecular weight is 458 g/mol. The van der Waals surface area contributed by atoms with Crippen LogP contribution in [0.15, 0.2) is 81.1 Å². The molecule has 0 atom stereocenters. The van der Waals surface area contributed by atoms with Crippen LogP contribution in [0, 0.1) is 6.92 Å². The van der Waals surface area contributed by atoms with Gasteiger partial charge in [-0.3, -0.25) is 4.99 Å². The molecule has 0 aliphatic rings. The van der Waals surface area contributed by atoms with Gasteiger partial charge in [0.25, 0.3) is 0 Å². The number of benzene rings is 3. The summed E-state index contributed by atoms with van der Waals surface area (Å²) in [5.74, 6) is 0.220. The minimum atomic E-state index is -3.93. The van der Waals surface area contributed by atoms with Gasteiger partial charge in [-0.05, 0) is 61.4 Å². The average Bonchev–Trinajstić information content (AvgIpc) is 2.68. The zero-order valence-corrected chi connectivity index (χ0v) is 18.0. The highest BCUT2D eigenvalue weighted by Crippen LogP contribution is 2.26. The lowest BCUT2D eigenvalue weighted by Crippen LogP contribution is -2.11. The van der Waals surface area contributed by atoms with Gasteiger partial charge in [0.05, 0.1) is 5.69 Å². The monoisotopic (exact) mass is 457 g/mol. The van der Waals surface area contributed by atoms with E-state index in [-0.39, 0.29) is 10.6 Å². The second kappa shape index (κ2) is 8.71. The highest BCUT2D eigenvalue weighted by Gasteiger charge is 2.18. The number of hydrogen-bond acceptors (Lipinski definition) is 4. The first kappa shape index (κ1) is 20.3. The maximum atomic E-state index is 12.6. The molecule has 6 heteroatoms. The minimum absolute atomic E-state index is 0.110. The Bertz CT molecular complexity index is 1090. The standard InChI is InChI=1S/C22H20BrNO3S/c1-3-17-6-9-20(10-7-17)24-15-18-14-19(23)8-13-22(18)27-28(25,26)21-11-4-16(2)5-12-21/h4-15H,3H2,1-2H3. The van der Waals surface area contributed by atoms with E-state index < -0.39 is 10.1 Å². The molecule has 0 bridgehead atoms. The second-order valence-electron chi connectivity index (χ2n) is 6.31. The summed E-state index contributed by atoms with van der Waals surface area (Å²) < 4.78 is 31.4. The number of halogens is 1. The molecule has 0 spiro atoms. The fourth-order valence-corrected chi connectivity index (χ4v) is 3.86. The number of aryl methyl sites for hydroxylation is 2. The normalized spacial score (nSPS) is 11.7. The Kier molecular flexibility index (Phi) is 6.31. The highest BCUT2D eigenvalue weighted by molar-refractivity contribution is 9.10. The van der Waals surface area contributed by atoms with Gasteiger partial charge >= 0.3 is 10.1 Å². The van der Waals surface area contributed by atoms with E-state index in [2.05, 4.69) is 27.8 Å². The van der Waals surface area contributed by atoms with E-state index in [0.29, 0.717) is 5.56 Å². The third-order valence-electron chi connectivity index (χ3n) is 4.18. The summed E-state index contributed by atoms with van der Waals surface area (Å²) in [4.78, 5) is 4.56. The lowest BCUT2D eigenvalue weighted by atomic mass is 10.1. The maximum Gasteiger partial charge on any atom is 0.339 e.